The first kappa shape index (κ1) is 11.7. The van der Waals surface area contributed by atoms with E-state index in [0.29, 0.717) is 6.61 Å². The fraction of sp³-hybridized carbons (Fsp3) is 0.750. The Kier molecular flexibility index (Phi) is 6.68. The van der Waals surface area contributed by atoms with E-state index in [2.05, 4.69) is 10.1 Å². The molecule has 5 nitrogen and oxygen atoms in total. The van der Waals surface area contributed by atoms with Gasteiger partial charge in [0.05, 0.1) is 13.7 Å². The van der Waals surface area contributed by atoms with E-state index in [1.54, 1.807) is 0 Å². The molecule has 0 heterocycles. The molecular formula is C8H15NO4. The molecule has 0 atom stereocenters. The molecule has 1 N–H and O–H groups in total. The fourth-order valence-corrected chi connectivity index (χ4v) is 0.577. The summed E-state index contributed by atoms with van der Waals surface area (Å²) in [6.07, 6.45) is 1.20. The summed E-state index contributed by atoms with van der Waals surface area (Å²) in [6, 6.07) is 0. The first-order valence-electron chi connectivity index (χ1n) is 4.18. The van der Waals surface area contributed by atoms with Gasteiger partial charge in [-0.3, -0.25) is 4.79 Å². The monoisotopic (exact) mass is 189 g/mol. The average Bonchev–Trinajstić information content (AvgIpc) is 2.14. The van der Waals surface area contributed by atoms with E-state index in [-0.39, 0.29) is 6.54 Å². The number of hydrogen-bond acceptors (Lipinski definition) is 4. The Labute approximate surface area is 77.4 Å². The number of carbonyl (C=O) groups is 2. The topological polar surface area (TPSA) is 64.6 Å². The van der Waals surface area contributed by atoms with Crippen molar-refractivity contribution >= 4 is 12.1 Å². The van der Waals surface area contributed by atoms with Gasteiger partial charge in [-0.05, 0) is 6.42 Å². The van der Waals surface area contributed by atoms with Gasteiger partial charge in [0.25, 0.3) is 0 Å². The molecule has 5 heteroatoms. The lowest BCUT2D eigenvalue weighted by atomic mass is 10.4. The Morgan fingerprint density at radius 1 is 1.38 bits per heavy atom. The van der Waals surface area contributed by atoms with Crippen LogP contribution in [0.1, 0.15) is 19.8 Å². The van der Waals surface area contributed by atoms with E-state index in [1.807, 2.05) is 6.92 Å². The summed E-state index contributed by atoms with van der Waals surface area (Å²) >= 11 is 0. The molecule has 0 aliphatic heterocycles. The number of nitrogens with one attached hydrogen (secondary N) is 1. The summed E-state index contributed by atoms with van der Waals surface area (Å²) in [7, 11) is 1.26. The van der Waals surface area contributed by atoms with Crippen LogP contribution in [0.15, 0.2) is 0 Å². The third kappa shape index (κ3) is 7.11. The van der Waals surface area contributed by atoms with Crippen LogP contribution in [0, 0.1) is 0 Å². The van der Waals surface area contributed by atoms with Crippen molar-refractivity contribution in [1.29, 1.82) is 0 Å². The molecule has 0 aromatic heterocycles. The van der Waals surface area contributed by atoms with Crippen LogP contribution in [0.5, 0.6) is 0 Å². The predicted molar refractivity (Wildman–Crippen MR) is 46.3 cm³/mol. The van der Waals surface area contributed by atoms with Gasteiger partial charge in [0.15, 0.2) is 0 Å². The highest BCUT2D eigenvalue weighted by atomic mass is 16.6. The van der Waals surface area contributed by atoms with Gasteiger partial charge in [-0.2, -0.15) is 0 Å². The molecule has 76 valence electrons. The van der Waals surface area contributed by atoms with E-state index < -0.39 is 12.1 Å². The molecule has 13 heavy (non-hydrogen) atoms. The first-order valence-corrected chi connectivity index (χ1v) is 4.18. The van der Waals surface area contributed by atoms with Crippen LogP contribution in [-0.4, -0.2) is 32.3 Å². The Balaban J connectivity index is 3.35. The zero-order chi connectivity index (χ0) is 10.1. The second-order valence-electron chi connectivity index (χ2n) is 2.42. The van der Waals surface area contributed by atoms with E-state index in [9.17, 15) is 9.59 Å². The van der Waals surface area contributed by atoms with E-state index in [1.165, 1.54) is 7.11 Å². The Bertz CT molecular complexity index is 170. The molecule has 0 aromatic carbocycles. The zero-order valence-electron chi connectivity index (χ0n) is 7.96. The highest BCUT2D eigenvalue weighted by Gasteiger charge is 2.04. The van der Waals surface area contributed by atoms with Gasteiger partial charge in [-0.1, -0.05) is 13.3 Å². The molecule has 0 fully saturated rings. The summed E-state index contributed by atoms with van der Waals surface area (Å²) in [5, 5.41) is 2.26. The van der Waals surface area contributed by atoms with E-state index in [4.69, 9.17) is 4.74 Å². The lowest BCUT2D eigenvalue weighted by Gasteiger charge is -2.04. The Morgan fingerprint density at radius 3 is 2.62 bits per heavy atom. The van der Waals surface area contributed by atoms with Gasteiger partial charge in [0, 0.05) is 0 Å². The zero-order valence-corrected chi connectivity index (χ0v) is 7.96. The minimum atomic E-state index is -0.584. The minimum Gasteiger partial charge on any atom is -0.468 e. The molecule has 0 aromatic rings. The minimum absolute atomic E-state index is 0.151. The highest BCUT2D eigenvalue weighted by Crippen LogP contribution is 1.87. The highest BCUT2D eigenvalue weighted by molar-refractivity contribution is 5.77. The molecule has 0 bridgehead atoms. The Hall–Kier alpha value is -1.26. The SMILES string of the molecule is CCCCOC(=O)NCC(=O)OC. The van der Waals surface area contributed by atoms with Crippen molar-refractivity contribution in [3.05, 3.63) is 0 Å². The normalized spacial score (nSPS) is 9.08. The second kappa shape index (κ2) is 7.39. The average molecular weight is 189 g/mol. The lowest BCUT2D eigenvalue weighted by Crippen LogP contribution is -2.30. The number of methoxy groups -OCH3 is 1. The summed E-state index contributed by atoms with van der Waals surface area (Å²) in [5.74, 6) is -0.493. The number of ether oxygens (including phenoxy) is 2. The summed E-state index contributed by atoms with van der Waals surface area (Å²) in [5.41, 5.74) is 0. The number of carbonyl (C=O) groups excluding carboxylic acids is 2. The van der Waals surface area contributed by atoms with Crippen LogP contribution in [0.4, 0.5) is 4.79 Å². The van der Waals surface area contributed by atoms with Crippen molar-refractivity contribution in [3.63, 3.8) is 0 Å². The molecular weight excluding hydrogens is 174 g/mol. The molecule has 0 spiro atoms. The molecule has 1 amide bonds. The van der Waals surface area contributed by atoms with Crippen molar-refractivity contribution in [2.45, 2.75) is 19.8 Å². The van der Waals surface area contributed by atoms with Crippen molar-refractivity contribution in [2.24, 2.45) is 0 Å². The van der Waals surface area contributed by atoms with E-state index >= 15 is 0 Å². The smallest absolute Gasteiger partial charge is 0.407 e. The van der Waals surface area contributed by atoms with Gasteiger partial charge in [0.1, 0.15) is 6.54 Å². The largest absolute Gasteiger partial charge is 0.468 e. The number of amides is 1. The van der Waals surface area contributed by atoms with Crippen LogP contribution in [0.2, 0.25) is 0 Å². The van der Waals surface area contributed by atoms with Gasteiger partial charge in [-0.15, -0.1) is 0 Å². The first-order chi connectivity index (χ1) is 6.20. The molecule has 0 unspecified atom stereocenters. The molecule has 0 rings (SSSR count). The summed E-state index contributed by atoms with van der Waals surface area (Å²) in [4.78, 5) is 21.4. The van der Waals surface area contributed by atoms with Crippen molar-refractivity contribution < 1.29 is 19.1 Å². The van der Waals surface area contributed by atoms with Crippen molar-refractivity contribution in [1.82, 2.24) is 5.32 Å². The predicted octanol–water partition coefficient (Wildman–Crippen LogP) is 0.686. The van der Waals surface area contributed by atoms with Gasteiger partial charge in [-0.25, -0.2) is 4.79 Å². The summed E-state index contributed by atoms with van der Waals surface area (Å²) < 4.78 is 9.04. The third-order valence-electron chi connectivity index (χ3n) is 1.34. The third-order valence-corrected chi connectivity index (χ3v) is 1.34. The molecule has 0 aliphatic rings. The van der Waals surface area contributed by atoms with Gasteiger partial charge in [0.2, 0.25) is 0 Å². The van der Waals surface area contributed by atoms with Crippen molar-refractivity contribution in [3.8, 4) is 0 Å². The maximum absolute atomic E-state index is 10.8. The molecule has 0 radical (unpaired) electrons. The summed E-state index contributed by atoms with van der Waals surface area (Å²) in [6.45, 7) is 2.22. The maximum Gasteiger partial charge on any atom is 0.407 e. The van der Waals surface area contributed by atoms with E-state index in [0.717, 1.165) is 12.8 Å². The maximum atomic E-state index is 10.8. The number of rotatable bonds is 5. The lowest BCUT2D eigenvalue weighted by molar-refractivity contribution is -0.139. The number of esters is 1. The van der Waals surface area contributed by atoms with Crippen LogP contribution < -0.4 is 5.32 Å². The number of alkyl carbamates (subject to hydrolysis) is 1. The van der Waals surface area contributed by atoms with Crippen LogP contribution in [0.3, 0.4) is 0 Å². The van der Waals surface area contributed by atoms with Crippen LogP contribution in [-0.2, 0) is 14.3 Å². The standard InChI is InChI=1S/C8H15NO4/c1-3-4-5-13-8(11)9-6-7(10)12-2/h3-6H2,1-2H3,(H,9,11). The van der Waals surface area contributed by atoms with Gasteiger partial charge >= 0.3 is 12.1 Å². The van der Waals surface area contributed by atoms with Crippen LogP contribution in [0.25, 0.3) is 0 Å². The van der Waals surface area contributed by atoms with Crippen LogP contribution >= 0.6 is 0 Å². The van der Waals surface area contributed by atoms with Gasteiger partial charge < -0.3 is 14.8 Å². The molecule has 0 aliphatic carbocycles. The molecule has 0 saturated heterocycles. The quantitative estimate of drug-likeness (QED) is 0.510. The Morgan fingerprint density at radius 2 is 2.08 bits per heavy atom. The number of unbranched alkanes of at least 4 members (excludes halogenated alkanes) is 1. The molecule has 0 saturated carbocycles. The fourth-order valence-electron chi connectivity index (χ4n) is 0.577. The number of hydrogen-bond donors (Lipinski definition) is 1. The van der Waals surface area contributed by atoms with Crippen molar-refractivity contribution in [2.75, 3.05) is 20.3 Å². The second-order valence-corrected chi connectivity index (χ2v) is 2.42.